The van der Waals surface area contributed by atoms with Gasteiger partial charge in [0.2, 0.25) is 0 Å². The minimum absolute atomic E-state index is 0.0278. The molecule has 0 aromatic carbocycles. The van der Waals surface area contributed by atoms with Crippen LogP contribution >= 0.6 is 0 Å². The fourth-order valence-electron chi connectivity index (χ4n) is 0.431. The van der Waals surface area contributed by atoms with E-state index in [0.717, 1.165) is 6.54 Å². The molecule has 0 unspecified atom stereocenters. The van der Waals surface area contributed by atoms with E-state index in [1.165, 1.54) is 0 Å². The molecule has 0 saturated heterocycles. The number of hydrogen-bond acceptors (Lipinski definition) is 5. The summed E-state index contributed by atoms with van der Waals surface area (Å²) < 4.78 is 4.63. The van der Waals surface area contributed by atoms with Crippen LogP contribution in [0.5, 0.6) is 0 Å². The fourth-order valence-corrected chi connectivity index (χ4v) is 0.431. The molecule has 13 heavy (non-hydrogen) atoms. The molecule has 0 aliphatic rings. The Balaban J connectivity index is 0. The van der Waals surface area contributed by atoms with Crippen LogP contribution in [0, 0.1) is 0 Å². The van der Waals surface area contributed by atoms with Gasteiger partial charge in [-0.1, -0.05) is 0 Å². The molecule has 0 aliphatic carbocycles. The van der Waals surface area contributed by atoms with Gasteiger partial charge in [0.05, 0.1) is 33.0 Å². The van der Waals surface area contributed by atoms with E-state index in [2.05, 4.69) is 4.74 Å². The van der Waals surface area contributed by atoms with Crippen LogP contribution in [0.15, 0.2) is 0 Å². The van der Waals surface area contributed by atoms with Gasteiger partial charge in [0.1, 0.15) is 0 Å². The highest BCUT2D eigenvalue weighted by Gasteiger charge is 1.80. The minimum Gasteiger partial charge on any atom is -0.395 e. The maximum atomic E-state index is 8.20. The van der Waals surface area contributed by atoms with Crippen molar-refractivity contribution in [2.24, 2.45) is 0 Å². The first kappa shape index (κ1) is 15.3. The van der Waals surface area contributed by atoms with Gasteiger partial charge < -0.3 is 25.0 Å². The first-order valence-corrected chi connectivity index (χ1v) is 4.24. The number of aliphatic hydroxyl groups excluding tert-OH is 3. The van der Waals surface area contributed by atoms with Crippen LogP contribution in [0.2, 0.25) is 0 Å². The topological polar surface area (TPSA) is 73.2 Å². The third-order valence-corrected chi connectivity index (χ3v) is 1.02. The van der Waals surface area contributed by atoms with Crippen LogP contribution in [0.1, 0.15) is 0 Å². The van der Waals surface area contributed by atoms with Crippen molar-refractivity contribution in [3.05, 3.63) is 0 Å². The van der Waals surface area contributed by atoms with Crippen molar-refractivity contribution >= 4 is 0 Å². The molecule has 0 aliphatic heterocycles. The summed E-state index contributed by atoms with van der Waals surface area (Å²) in [6.45, 7) is 1.72. The molecule has 0 spiro atoms. The Hall–Kier alpha value is -0.200. The van der Waals surface area contributed by atoms with Gasteiger partial charge in [0.25, 0.3) is 0 Å². The van der Waals surface area contributed by atoms with Crippen LogP contribution in [0.25, 0.3) is 0 Å². The van der Waals surface area contributed by atoms with Gasteiger partial charge >= 0.3 is 0 Å². The molecule has 0 aromatic heterocycles. The quantitative estimate of drug-likeness (QED) is 0.451. The SMILES string of the molecule is CN(C)CCO.OCCOCCO. The van der Waals surface area contributed by atoms with Crippen LogP contribution in [-0.4, -0.2) is 73.9 Å². The highest BCUT2D eigenvalue weighted by atomic mass is 16.5. The molecule has 0 radical (unpaired) electrons. The molecule has 0 saturated carbocycles. The second-order valence-corrected chi connectivity index (χ2v) is 2.59. The number of nitrogens with zero attached hydrogens (tertiary/aromatic N) is 1. The van der Waals surface area contributed by atoms with Gasteiger partial charge in [0, 0.05) is 6.54 Å². The summed E-state index contributed by atoms with van der Waals surface area (Å²) >= 11 is 0. The van der Waals surface area contributed by atoms with Gasteiger partial charge in [-0.25, -0.2) is 0 Å². The summed E-state index contributed by atoms with van der Waals surface area (Å²) in [5.41, 5.74) is 0. The largest absolute Gasteiger partial charge is 0.395 e. The normalized spacial score (nSPS) is 9.69. The van der Waals surface area contributed by atoms with Crippen LogP contribution in [0.4, 0.5) is 0 Å². The predicted octanol–water partition coefficient (Wildman–Crippen LogP) is -1.47. The number of likely N-dealkylation sites (N-methyl/N-ethyl adjacent to an activating group) is 1. The highest BCUT2D eigenvalue weighted by molar-refractivity contribution is 4.34. The predicted molar refractivity (Wildman–Crippen MR) is 50.6 cm³/mol. The lowest BCUT2D eigenvalue weighted by Crippen LogP contribution is -2.15. The Kier molecular flexibility index (Phi) is 16.8. The van der Waals surface area contributed by atoms with E-state index in [4.69, 9.17) is 15.3 Å². The Morgan fingerprint density at radius 1 is 0.923 bits per heavy atom. The molecule has 3 N–H and O–H groups in total. The summed E-state index contributed by atoms with van der Waals surface area (Å²) in [5, 5.41) is 24.4. The molecule has 0 rings (SSSR count). The average Bonchev–Trinajstić information content (AvgIpc) is 2.06. The first-order valence-electron chi connectivity index (χ1n) is 4.24. The van der Waals surface area contributed by atoms with Gasteiger partial charge in [0.15, 0.2) is 0 Å². The van der Waals surface area contributed by atoms with Crippen LogP contribution < -0.4 is 0 Å². The summed E-state index contributed by atoms with van der Waals surface area (Å²) in [6.07, 6.45) is 0. The number of ether oxygens (including phenoxy) is 1. The van der Waals surface area contributed by atoms with Crippen molar-refractivity contribution in [2.75, 3.05) is 53.7 Å². The average molecular weight is 195 g/mol. The number of aliphatic hydroxyl groups is 3. The monoisotopic (exact) mass is 195 g/mol. The molecule has 0 bridgehead atoms. The standard InChI is InChI=1S/C4H11NO.C4H10O3/c1-5(2)3-4-6;5-1-3-7-4-2-6/h6H,3-4H2,1-2H3;5-6H,1-4H2. The van der Waals surface area contributed by atoms with Crippen molar-refractivity contribution in [3.63, 3.8) is 0 Å². The van der Waals surface area contributed by atoms with E-state index in [1.807, 2.05) is 19.0 Å². The van der Waals surface area contributed by atoms with Crippen molar-refractivity contribution in [1.82, 2.24) is 4.90 Å². The fraction of sp³-hybridized carbons (Fsp3) is 1.00. The van der Waals surface area contributed by atoms with E-state index >= 15 is 0 Å². The maximum absolute atomic E-state index is 8.20. The van der Waals surface area contributed by atoms with Gasteiger partial charge in [-0.05, 0) is 14.1 Å². The van der Waals surface area contributed by atoms with Crippen LogP contribution in [0.3, 0.4) is 0 Å². The van der Waals surface area contributed by atoms with Gasteiger partial charge in [-0.3, -0.25) is 0 Å². The van der Waals surface area contributed by atoms with Crippen LogP contribution in [-0.2, 0) is 4.74 Å². The lowest BCUT2D eigenvalue weighted by atomic mass is 10.6. The molecule has 5 nitrogen and oxygen atoms in total. The second-order valence-electron chi connectivity index (χ2n) is 2.59. The molecule has 82 valence electrons. The summed E-state index contributed by atoms with van der Waals surface area (Å²) in [4.78, 5) is 1.93. The van der Waals surface area contributed by atoms with E-state index in [1.54, 1.807) is 0 Å². The first-order chi connectivity index (χ1) is 6.18. The minimum atomic E-state index is 0.0278. The summed E-state index contributed by atoms with van der Waals surface area (Å²) in [6, 6.07) is 0. The lowest BCUT2D eigenvalue weighted by Gasteiger charge is -2.03. The van der Waals surface area contributed by atoms with E-state index in [0.29, 0.717) is 13.2 Å². The Morgan fingerprint density at radius 3 is 1.54 bits per heavy atom. The molecule has 0 aromatic rings. The lowest BCUT2D eigenvalue weighted by molar-refractivity contribution is 0.0650. The van der Waals surface area contributed by atoms with Gasteiger partial charge in [-0.2, -0.15) is 0 Å². The van der Waals surface area contributed by atoms with Crippen molar-refractivity contribution in [2.45, 2.75) is 0 Å². The zero-order valence-electron chi connectivity index (χ0n) is 8.44. The molecular formula is C8H21NO4. The summed E-state index contributed by atoms with van der Waals surface area (Å²) in [5.74, 6) is 0. The second kappa shape index (κ2) is 14.3. The third kappa shape index (κ3) is 24.5. The smallest absolute Gasteiger partial charge is 0.0698 e. The van der Waals surface area contributed by atoms with Gasteiger partial charge in [-0.15, -0.1) is 0 Å². The Labute approximate surface area is 79.6 Å². The van der Waals surface area contributed by atoms with E-state index in [-0.39, 0.29) is 19.8 Å². The molecule has 0 fully saturated rings. The van der Waals surface area contributed by atoms with E-state index in [9.17, 15) is 0 Å². The molecule has 5 heteroatoms. The van der Waals surface area contributed by atoms with Crippen molar-refractivity contribution < 1.29 is 20.1 Å². The molecule has 0 atom stereocenters. The highest BCUT2D eigenvalue weighted by Crippen LogP contribution is 1.68. The number of rotatable bonds is 6. The zero-order valence-corrected chi connectivity index (χ0v) is 8.44. The molecule has 0 heterocycles. The van der Waals surface area contributed by atoms with Crippen molar-refractivity contribution in [3.8, 4) is 0 Å². The van der Waals surface area contributed by atoms with Crippen molar-refractivity contribution in [1.29, 1.82) is 0 Å². The van der Waals surface area contributed by atoms with E-state index < -0.39 is 0 Å². The molecule has 0 amide bonds. The third-order valence-electron chi connectivity index (χ3n) is 1.02. The zero-order chi connectivity index (χ0) is 10.5. The maximum Gasteiger partial charge on any atom is 0.0698 e. The Morgan fingerprint density at radius 2 is 1.38 bits per heavy atom. The molecular weight excluding hydrogens is 174 g/mol. The Bertz CT molecular complexity index is 76.5. The summed E-state index contributed by atoms with van der Waals surface area (Å²) in [7, 11) is 3.85. The number of hydrogen-bond donors (Lipinski definition) is 3.